The summed E-state index contributed by atoms with van der Waals surface area (Å²) in [5.41, 5.74) is 0.547. The van der Waals surface area contributed by atoms with Gasteiger partial charge in [-0.05, 0) is 79.2 Å². The first-order chi connectivity index (χ1) is 13.4. The first-order valence-corrected chi connectivity index (χ1v) is 11.2. The summed E-state index contributed by atoms with van der Waals surface area (Å²) < 4.78 is 3.67. The Kier molecular flexibility index (Phi) is 5.51. The molecular weight excluding hydrogens is 438 g/mol. The average molecular weight is 462 g/mol. The van der Waals surface area contributed by atoms with Crippen LogP contribution in [0.2, 0.25) is 0 Å². The van der Waals surface area contributed by atoms with Crippen LogP contribution in [0, 0.1) is 5.92 Å². The van der Waals surface area contributed by atoms with E-state index in [0.29, 0.717) is 11.5 Å². The quantitative estimate of drug-likeness (QED) is 0.444. The number of fused-ring (bicyclic) bond motifs is 6. The number of rotatable bonds is 0. The minimum atomic E-state index is -0.158. The van der Waals surface area contributed by atoms with E-state index in [1.165, 1.54) is 11.9 Å². The predicted octanol–water partition coefficient (Wildman–Crippen LogP) is 4.49. The van der Waals surface area contributed by atoms with Crippen LogP contribution in [0.3, 0.4) is 0 Å². The van der Waals surface area contributed by atoms with Crippen LogP contribution in [-0.2, 0) is 0 Å². The van der Waals surface area contributed by atoms with E-state index in [2.05, 4.69) is 49.7 Å². The zero-order valence-corrected chi connectivity index (χ0v) is 18.4. The van der Waals surface area contributed by atoms with Gasteiger partial charge in [-0.25, -0.2) is 9.97 Å². The molecule has 1 atom stereocenters. The van der Waals surface area contributed by atoms with Crippen LogP contribution in [0.15, 0.2) is 40.0 Å². The summed E-state index contributed by atoms with van der Waals surface area (Å²) in [7, 11) is 0. The Labute approximate surface area is 178 Å². The molecule has 2 N–H and O–H groups in total. The maximum atomic E-state index is 13.0. The maximum Gasteiger partial charge on any atom is 0.265 e. The molecule has 0 aromatic carbocycles. The van der Waals surface area contributed by atoms with Gasteiger partial charge in [0.15, 0.2) is 0 Å². The number of aromatic nitrogens is 2. The molecule has 0 spiro atoms. The van der Waals surface area contributed by atoms with Crippen molar-refractivity contribution in [3.8, 4) is 0 Å². The minimum Gasteiger partial charge on any atom is -0.370 e. The summed E-state index contributed by atoms with van der Waals surface area (Å²) in [4.78, 5) is 24.5. The van der Waals surface area contributed by atoms with Crippen LogP contribution in [0.1, 0.15) is 43.5 Å². The second-order valence-corrected chi connectivity index (χ2v) is 9.60. The van der Waals surface area contributed by atoms with E-state index < -0.39 is 0 Å². The molecule has 2 aromatic rings. The van der Waals surface area contributed by atoms with Gasteiger partial charge in [0.05, 0.1) is 5.56 Å². The predicted molar refractivity (Wildman–Crippen MR) is 117 cm³/mol. The maximum absolute atomic E-state index is 13.0. The van der Waals surface area contributed by atoms with Crippen LogP contribution in [-0.4, -0.2) is 34.5 Å². The van der Waals surface area contributed by atoms with Gasteiger partial charge in [-0.2, -0.15) is 0 Å². The lowest BCUT2D eigenvalue weighted by Crippen LogP contribution is -2.40. The highest BCUT2D eigenvalue weighted by Gasteiger charge is 2.40. The van der Waals surface area contributed by atoms with Crippen molar-refractivity contribution >= 4 is 45.4 Å². The first kappa shape index (κ1) is 19.5. The lowest BCUT2D eigenvalue weighted by Gasteiger charge is -2.33. The SMILES string of the molecule is CC1(C)C[C@@H]2CCCNc3cccc(n3)SNC(=O)c3ccc(Br)nc3N1C2. The molecule has 28 heavy (non-hydrogen) atoms. The fourth-order valence-corrected chi connectivity index (χ4v) is 4.99. The van der Waals surface area contributed by atoms with Crippen molar-refractivity contribution in [2.24, 2.45) is 5.92 Å². The highest BCUT2D eigenvalue weighted by atomic mass is 79.9. The molecular formula is C20H24BrN5OS. The summed E-state index contributed by atoms with van der Waals surface area (Å²) in [6.45, 7) is 6.28. The number of carbonyl (C=O) groups is 1. The van der Waals surface area contributed by atoms with Gasteiger partial charge >= 0.3 is 0 Å². The Hall–Kier alpha value is -1.80. The number of amides is 1. The summed E-state index contributed by atoms with van der Waals surface area (Å²) in [5, 5.41) is 4.15. The second-order valence-electron chi connectivity index (χ2n) is 7.96. The third-order valence-electron chi connectivity index (χ3n) is 5.37. The lowest BCUT2D eigenvalue weighted by molar-refractivity contribution is 0.0984. The van der Waals surface area contributed by atoms with Crippen molar-refractivity contribution in [2.75, 3.05) is 23.3 Å². The number of anilines is 2. The smallest absolute Gasteiger partial charge is 0.265 e. The van der Waals surface area contributed by atoms with Crippen molar-refractivity contribution < 1.29 is 4.79 Å². The third-order valence-corrected chi connectivity index (χ3v) is 6.53. The van der Waals surface area contributed by atoms with E-state index in [1.807, 2.05) is 30.3 Å². The topological polar surface area (TPSA) is 70.1 Å². The molecule has 0 unspecified atom stereocenters. The first-order valence-electron chi connectivity index (χ1n) is 9.55. The monoisotopic (exact) mass is 461 g/mol. The van der Waals surface area contributed by atoms with Crippen molar-refractivity contribution in [2.45, 2.75) is 43.7 Å². The highest BCUT2D eigenvalue weighted by molar-refractivity contribution is 9.10. The number of carbonyl (C=O) groups excluding carboxylic acids is 1. The lowest BCUT2D eigenvalue weighted by atomic mass is 9.93. The van der Waals surface area contributed by atoms with E-state index in [0.717, 1.165) is 53.6 Å². The Bertz CT molecular complexity index is 891. The standard InChI is InChI=1S/C20H24BrN5OS/c1-20(2)11-13-5-4-10-22-16-6-3-7-17(24-16)28-25-19(27)14-8-9-15(21)23-18(14)26(20)12-13/h3,6-9,13H,4-5,10-12H2,1-2H3,(H,22,24)(H,25,27)/t13-/m0/s1. The van der Waals surface area contributed by atoms with Crippen molar-refractivity contribution in [1.82, 2.24) is 14.7 Å². The third kappa shape index (κ3) is 4.12. The van der Waals surface area contributed by atoms with Crippen molar-refractivity contribution in [3.63, 3.8) is 0 Å². The van der Waals surface area contributed by atoms with Crippen LogP contribution in [0.25, 0.3) is 0 Å². The van der Waals surface area contributed by atoms with E-state index in [1.54, 1.807) is 0 Å². The molecule has 1 saturated heterocycles. The molecule has 4 bridgehead atoms. The largest absolute Gasteiger partial charge is 0.370 e. The molecule has 0 radical (unpaired) electrons. The van der Waals surface area contributed by atoms with Gasteiger partial charge < -0.3 is 10.2 Å². The molecule has 1 amide bonds. The number of pyridine rings is 2. The molecule has 4 rings (SSSR count). The van der Waals surface area contributed by atoms with E-state index >= 15 is 0 Å². The second kappa shape index (κ2) is 7.91. The molecule has 2 aliphatic rings. The zero-order chi connectivity index (χ0) is 19.7. The molecule has 2 aromatic heterocycles. The Morgan fingerprint density at radius 3 is 2.96 bits per heavy atom. The van der Waals surface area contributed by atoms with Gasteiger partial charge in [0.1, 0.15) is 21.3 Å². The number of nitrogens with one attached hydrogen (secondary N) is 2. The van der Waals surface area contributed by atoms with Gasteiger partial charge in [0, 0.05) is 30.6 Å². The summed E-state index contributed by atoms with van der Waals surface area (Å²) in [6.07, 6.45) is 3.31. The molecule has 1 fully saturated rings. The Balaban J connectivity index is 1.71. The van der Waals surface area contributed by atoms with E-state index in [4.69, 9.17) is 4.98 Å². The van der Waals surface area contributed by atoms with Gasteiger partial charge in [-0.15, -0.1) is 0 Å². The van der Waals surface area contributed by atoms with Gasteiger partial charge in [0.25, 0.3) is 5.91 Å². The summed E-state index contributed by atoms with van der Waals surface area (Å²) in [6, 6.07) is 9.46. The van der Waals surface area contributed by atoms with Gasteiger partial charge in [-0.3, -0.25) is 9.52 Å². The van der Waals surface area contributed by atoms with Crippen LogP contribution in [0.4, 0.5) is 11.6 Å². The molecule has 8 heteroatoms. The number of halogens is 1. The zero-order valence-electron chi connectivity index (χ0n) is 16.0. The van der Waals surface area contributed by atoms with E-state index in [9.17, 15) is 4.79 Å². The fourth-order valence-electron chi connectivity index (χ4n) is 4.09. The summed E-state index contributed by atoms with van der Waals surface area (Å²) >= 11 is 4.70. The van der Waals surface area contributed by atoms with Crippen molar-refractivity contribution in [1.29, 1.82) is 0 Å². The molecule has 0 saturated carbocycles. The summed E-state index contributed by atoms with van der Waals surface area (Å²) in [5.74, 6) is 2.00. The molecule has 2 aliphatic heterocycles. The van der Waals surface area contributed by atoms with Crippen molar-refractivity contribution in [3.05, 3.63) is 40.5 Å². The highest BCUT2D eigenvalue weighted by Crippen LogP contribution is 2.39. The number of hydrogen-bond donors (Lipinski definition) is 2. The van der Waals surface area contributed by atoms with E-state index in [-0.39, 0.29) is 11.4 Å². The van der Waals surface area contributed by atoms with Gasteiger partial charge in [-0.1, -0.05) is 6.07 Å². The molecule has 0 aliphatic carbocycles. The Morgan fingerprint density at radius 2 is 2.11 bits per heavy atom. The fraction of sp³-hybridized carbons (Fsp3) is 0.450. The van der Waals surface area contributed by atoms with Crippen LogP contribution < -0.4 is 14.9 Å². The van der Waals surface area contributed by atoms with Gasteiger partial charge in [0.2, 0.25) is 0 Å². The minimum absolute atomic E-state index is 0.0447. The van der Waals surface area contributed by atoms with Crippen LogP contribution >= 0.6 is 27.9 Å². The number of nitrogens with zero attached hydrogens (tertiary/aromatic N) is 3. The average Bonchev–Trinajstić information content (AvgIpc) is 2.97. The molecule has 6 nitrogen and oxygen atoms in total. The normalized spacial score (nSPS) is 21.8. The molecule has 4 heterocycles. The number of hydrogen-bond acceptors (Lipinski definition) is 6. The molecule has 148 valence electrons. The van der Waals surface area contributed by atoms with Crippen LogP contribution in [0.5, 0.6) is 0 Å². The Morgan fingerprint density at radius 1 is 1.25 bits per heavy atom.